The van der Waals surface area contributed by atoms with Gasteiger partial charge in [0.15, 0.2) is 6.10 Å². The predicted octanol–water partition coefficient (Wildman–Crippen LogP) is 3.44. The van der Waals surface area contributed by atoms with Crippen LogP contribution in [0.15, 0.2) is 48.5 Å². The van der Waals surface area contributed by atoms with E-state index in [2.05, 4.69) is 10.1 Å². The van der Waals surface area contributed by atoms with Crippen molar-refractivity contribution in [2.75, 3.05) is 12.4 Å². The second-order valence-electron chi connectivity index (χ2n) is 5.28. The highest BCUT2D eigenvalue weighted by Crippen LogP contribution is 2.20. The minimum Gasteiger partial charge on any atom is -0.481 e. The molecule has 0 aromatic heterocycles. The maximum atomic E-state index is 12.3. The quantitative estimate of drug-likeness (QED) is 0.826. The number of esters is 1. The average Bonchev–Trinajstić information content (AvgIpc) is 2.62. The lowest BCUT2D eigenvalue weighted by Gasteiger charge is -2.17. The molecule has 0 saturated heterocycles. The zero-order valence-electron chi connectivity index (χ0n) is 14.0. The third-order valence-corrected chi connectivity index (χ3v) is 3.60. The van der Waals surface area contributed by atoms with E-state index < -0.39 is 12.1 Å². The molecular weight excluding hydrogens is 306 g/mol. The lowest BCUT2D eigenvalue weighted by atomic mass is 10.1. The summed E-state index contributed by atoms with van der Waals surface area (Å²) in [5.74, 6) is 0.0381. The number of amides is 1. The Morgan fingerprint density at radius 2 is 1.75 bits per heavy atom. The fraction of sp³-hybridized carbons (Fsp3) is 0.263. The van der Waals surface area contributed by atoms with Crippen molar-refractivity contribution in [1.82, 2.24) is 0 Å². The molecule has 5 nitrogen and oxygen atoms in total. The maximum absolute atomic E-state index is 12.3. The molecule has 0 heterocycles. The van der Waals surface area contributed by atoms with E-state index in [4.69, 9.17) is 4.74 Å². The number of hydrogen-bond acceptors (Lipinski definition) is 4. The highest BCUT2D eigenvalue weighted by atomic mass is 16.5. The lowest BCUT2D eigenvalue weighted by molar-refractivity contribution is -0.122. The van der Waals surface area contributed by atoms with Gasteiger partial charge >= 0.3 is 5.97 Å². The highest BCUT2D eigenvalue weighted by Gasteiger charge is 2.16. The summed E-state index contributed by atoms with van der Waals surface area (Å²) in [7, 11) is 1.32. The van der Waals surface area contributed by atoms with E-state index in [0.717, 1.165) is 12.0 Å². The Hall–Kier alpha value is -2.82. The van der Waals surface area contributed by atoms with E-state index in [1.165, 1.54) is 7.11 Å². The van der Waals surface area contributed by atoms with E-state index in [1.807, 2.05) is 31.2 Å². The molecule has 5 heteroatoms. The normalized spacial score (nSPS) is 11.5. The summed E-state index contributed by atoms with van der Waals surface area (Å²) in [6.07, 6.45) is 0.192. The molecule has 0 aliphatic heterocycles. The molecule has 0 unspecified atom stereocenters. The van der Waals surface area contributed by atoms with Gasteiger partial charge in [-0.05, 0) is 49.2 Å². The second-order valence-corrected chi connectivity index (χ2v) is 5.28. The Morgan fingerprint density at radius 3 is 2.38 bits per heavy atom. The van der Waals surface area contributed by atoms with Crippen LogP contribution in [0.2, 0.25) is 0 Å². The van der Waals surface area contributed by atoms with Crippen molar-refractivity contribution in [3.63, 3.8) is 0 Å². The van der Waals surface area contributed by atoms with E-state index >= 15 is 0 Å². The molecule has 0 radical (unpaired) electrons. The summed E-state index contributed by atoms with van der Waals surface area (Å²) < 4.78 is 10.4. The third kappa shape index (κ3) is 4.35. The van der Waals surface area contributed by atoms with Crippen LogP contribution >= 0.6 is 0 Å². The van der Waals surface area contributed by atoms with Gasteiger partial charge in [0, 0.05) is 5.69 Å². The number of nitrogens with one attached hydrogen (secondary N) is 1. The molecule has 24 heavy (non-hydrogen) atoms. The zero-order chi connectivity index (χ0) is 17.5. The molecule has 1 N–H and O–H groups in total. The smallest absolute Gasteiger partial charge is 0.337 e. The van der Waals surface area contributed by atoms with Crippen LogP contribution in [0.1, 0.15) is 29.8 Å². The lowest BCUT2D eigenvalue weighted by Crippen LogP contribution is -2.30. The molecule has 2 aromatic carbocycles. The van der Waals surface area contributed by atoms with Crippen LogP contribution < -0.4 is 10.1 Å². The third-order valence-electron chi connectivity index (χ3n) is 3.60. The van der Waals surface area contributed by atoms with Crippen molar-refractivity contribution < 1.29 is 19.1 Å². The van der Waals surface area contributed by atoms with Crippen LogP contribution in [0, 0.1) is 0 Å². The van der Waals surface area contributed by atoms with Gasteiger partial charge in [-0.3, -0.25) is 4.79 Å². The van der Waals surface area contributed by atoms with Gasteiger partial charge in [-0.15, -0.1) is 0 Å². The molecule has 126 valence electrons. The molecule has 1 atom stereocenters. The Kier molecular flexibility index (Phi) is 5.95. The Morgan fingerprint density at radius 1 is 1.08 bits per heavy atom. The molecule has 0 bridgehead atoms. The first-order chi connectivity index (χ1) is 11.5. The van der Waals surface area contributed by atoms with Crippen molar-refractivity contribution in [2.24, 2.45) is 0 Å². The minimum absolute atomic E-state index is 0.258. The molecule has 0 spiro atoms. The number of hydrogen-bond donors (Lipinski definition) is 1. The van der Waals surface area contributed by atoms with Crippen molar-refractivity contribution in [3.8, 4) is 5.75 Å². The molecule has 0 fully saturated rings. The summed E-state index contributed by atoms with van der Waals surface area (Å²) >= 11 is 0. The number of carbonyl (C=O) groups excluding carboxylic acids is 2. The van der Waals surface area contributed by atoms with Crippen LogP contribution in [0.4, 0.5) is 5.69 Å². The topological polar surface area (TPSA) is 64.6 Å². The summed E-state index contributed by atoms with van der Waals surface area (Å²) in [6.45, 7) is 3.74. The molecular formula is C19H21NO4. The Labute approximate surface area is 141 Å². The van der Waals surface area contributed by atoms with Crippen LogP contribution in [0.25, 0.3) is 0 Å². The first-order valence-corrected chi connectivity index (χ1v) is 7.79. The molecule has 1 amide bonds. The van der Waals surface area contributed by atoms with Crippen LogP contribution in [0.5, 0.6) is 5.75 Å². The van der Waals surface area contributed by atoms with Gasteiger partial charge < -0.3 is 14.8 Å². The van der Waals surface area contributed by atoms with Crippen LogP contribution in [-0.2, 0) is 16.0 Å². The van der Waals surface area contributed by atoms with Crippen LogP contribution in [0.3, 0.4) is 0 Å². The van der Waals surface area contributed by atoms with E-state index in [1.54, 1.807) is 31.2 Å². The van der Waals surface area contributed by atoms with E-state index in [0.29, 0.717) is 17.0 Å². The van der Waals surface area contributed by atoms with Gasteiger partial charge in [0.1, 0.15) is 5.75 Å². The number of benzene rings is 2. The number of carbonyl (C=O) groups is 2. The molecule has 2 rings (SSSR count). The van der Waals surface area contributed by atoms with Gasteiger partial charge in [-0.1, -0.05) is 25.1 Å². The van der Waals surface area contributed by atoms with Gasteiger partial charge in [0.05, 0.1) is 12.7 Å². The minimum atomic E-state index is -0.641. The zero-order valence-corrected chi connectivity index (χ0v) is 14.0. The number of aryl methyl sites for hydroxylation is 1. The highest BCUT2D eigenvalue weighted by molar-refractivity contribution is 5.95. The summed E-state index contributed by atoms with van der Waals surface area (Å²) in [5.41, 5.74) is 2.07. The standard InChI is InChI=1S/C19H21NO4/c1-4-14-7-5-6-8-17(14)24-13(2)18(21)20-16-11-9-15(10-12-16)19(22)23-3/h5-13H,4H2,1-3H3,(H,20,21)/t13-/m1/s1. The maximum Gasteiger partial charge on any atom is 0.337 e. The fourth-order valence-corrected chi connectivity index (χ4v) is 2.21. The van der Waals surface area contributed by atoms with Crippen molar-refractivity contribution >= 4 is 17.6 Å². The summed E-state index contributed by atoms with van der Waals surface area (Å²) in [6, 6.07) is 14.1. The largest absolute Gasteiger partial charge is 0.481 e. The fourth-order valence-electron chi connectivity index (χ4n) is 2.21. The molecule has 0 saturated carbocycles. The Balaban J connectivity index is 2.00. The predicted molar refractivity (Wildman–Crippen MR) is 92.3 cm³/mol. The molecule has 0 aliphatic carbocycles. The van der Waals surface area contributed by atoms with Gasteiger partial charge in [0.2, 0.25) is 0 Å². The summed E-state index contributed by atoms with van der Waals surface area (Å²) in [5, 5.41) is 2.77. The first-order valence-electron chi connectivity index (χ1n) is 7.79. The number of ether oxygens (including phenoxy) is 2. The van der Waals surface area contributed by atoms with Crippen molar-refractivity contribution in [3.05, 3.63) is 59.7 Å². The average molecular weight is 327 g/mol. The van der Waals surface area contributed by atoms with E-state index in [9.17, 15) is 9.59 Å². The number of rotatable bonds is 6. The first kappa shape index (κ1) is 17.5. The van der Waals surface area contributed by atoms with Crippen molar-refractivity contribution in [1.29, 1.82) is 0 Å². The number of para-hydroxylation sites is 1. The summed E-state index contributed by atoms with van der Waals surface area (Å²) in [4.78, 5) is 23.7. The van der Waals surface area contributed by atoms with Gasteiger partial charge in [-0.25, -0.2) is 4.79 Å². The van der Waals surface area contributed by atoms with Gasteiger partial charge in [0.25, 0.3) is 5.91 Å². The van der Waals surface area contributed by atoms with Gasteiger partial charge in [-0.2, -0.15) is 0 Å². The number of methoxy groups -OCH3 is 1. The molecule has 0 aliphatic rings. The van der Waals surface area contributed by atoms with Crippen molar-refractivity contribution in [2.45, 2.75) is 26.4 Å². The van der Waals surface area contributed by atoms with Crippen LogP contribution in [-0.4, -0.2) is 25.1 Å². The second kappa shape index (κ2) is 8.15. The van der Waals surface area contributed by atoms with E-state index in [-0.39, 0.29) is 5.91 Å². The Bertz CT molecular complexity index is 710. The monoisotopic (exact) mass is 327 g/mol. The molecule has 2 aromatic rings. The SMILES string of the molecule is CCc1ccccc1O[C@H](C)C(=O)Nc1ccc(C(=O)OC)cc1. The number of anilines is 1.